The molecule has 6 heteroatoms. The van der Waals surface area contributed by atoms with E-state index in [1.807, 2.05) is 0 Å². The quantitative estimate of drug-likeness (QED) is 0.920. The highest BCUT2D eigenvalue weighted by molar-refractivity contribution is 5.85. The molecule has 0 atom stereocenters. The molecule has 2 saturated heterocycles. The van der Waals surface area contributed by atoms with Gasteiger partial charge in [-0.05, 0) is 44.7 Å². The van der Waals surface area contributed by atoms with Crippen LogP contribution in [-0.2, 0) is 11.2 Å². The second-order valence-electron chi connectivity index (χ2n) is 5.33. The van der Waals surface area contributed by atoms with Gasteiger partial charge in [0.15, 0.2) is 5.82 Å². The molecule has 19 heavy (non-hydrogen) atoms. The van der Waals surface area contributed by atoms with E-state index in [4.69, 9.17) is 9.26 Å². The van der Waals surface area contributed by atoms with Crippen molar-refractivity contribution in [3.63, 3.8) is 0 Å². The molecule has 0 radical (unpaired) electrons. The van der Waals surface area contributed by atoms with Gasteiger partial charge in [0, 0.05) is 25.6 Å². The maximum atomic E-state index is 5.40. The summed E-state index contributed by atoms with van der Waals surface area (Å²) in [5.74, 6) is 2.85. The van der Waals surface area contributed by atoms with Crippen LogP contribution in [0.1, 0.15) is 43.3 Å². The summed E-state index contributed by atoms with van der Waals surface area (Å²) in [6, 6.07) is 0. The van der Waals surface area contributed by atoms with Crippen LogP contribution in [0.5, 0.6) is 0 Å². The molecule has 0 spiro atoms. The zero-order valence-electron chi connectivity index (χ0n) is 11.1. The third-order valence-corrected chi connectivity index (χ3v) is 3.99. The van der Waals surface area contributed by atoms with Crippen LogP contribution in [0.4, 0.5) is 0 Å². The Kier molecular flexibility index (Phi) is 5.60. The van der Waals surface area contributed by atoms with Gasteiger partial charge in [-0.15, -0.1) is 12.4 Å². The van der Waals surface area contributed by atoms with Crippen LogP contribution in [0.15, 0.2) is 4.52 Å². The summed E-state index contributed by atoms with van der Waals surface area (Å²) < 4.78 is 10.8. The molecule has 0 unspecified atom stereocenters. The third kappa shape index (κ3) is 3.91. The normalized spacial score (nSPS) is 22.1. The largest absolute Gasteiger partial charge is 0.381 e. The summed E-state index contributed by atoms with van der Waals surface area (Å²) in [5.41, 5.74) is 0. The maximum Gasteiger partial charge on any atom is 0.226 e. The number of aromatic nitrogens is 2. The second-order valence-corrected chi connectivity index (χ2v) is 5.33. The molecule has 2 aliphatic rings. The summed E-state index contributed by atoms with van der Waals surface area (Å²) in [7, 11) is 0. The van der Waals surface area contributed by atoms with Gasteiger partial charge >= 0.3 is 0 Å². The van der Waals surface area contributed by atoms with Gasteiger partial charge < -0.3 is 14.6 Å². The van der Waals surface area contributed by atoms with Crippen molar-refractivity contribution in [3.05, 3.63) is 11.7 Å². The standard InChI is InChI=1S/C13H21N3O2.ClH/c1-5-14-6-2-10(1)9-12-15-13(16-18-12)11-3-7-17-8-4-11;/h10-11,14H,1-9H2;1H. The molecule has 1 aromatic rings. The number of ether oxygens (including phenoxy) is 1. The van der Waals surface area contributed by atoms with Gasteiger partial charge in [0.2, 0.25) is 5.89 Å². The highest BCUT2D eigenvalue weighted by Crippen LogP contribution is 2.25. The number of hydrogen-bond donors (Lipinski definition) is 1. The lowest BCUT2D eigenvalue weighted by Crippen LogP contribution is -2.28. The van der Waals surface area contributed by atoms with E-state index in [-0.39, 0.29) is 12.4 Å². The monoisotopic (exact) mass is 287 g/mol. The minimum absolute atomic E-state index is 0. The number of halogens is 1. The van der Waals surface area contributed by atoms with Crippen LogP contribution < -0.4 is 5.32 Å². The Bertz CT molecular complexity index is 374. The first-order valence-electron chi connectivity index (χ1n) is 7.03. The van der Waals surface area contributed by atoms with E-state index >= 15 is 0 Å². The van der Waals surface area contributed by atoms with E-state index in [2.05, 4.69) is 15.5 Å². The van der Waals surface area contributed by atoms with Crippen molar-refractivity contribution < 1.29 is 9.26 Å². The van der Waals surface area contributed by atoms with Gasteiger partial charge in [0.05, 0.1) is 0 Å². The molecule has 3 heterocycles. The van der Waals surface area contributed by atoms with Crippen molar-refractivity contribution in [2.75, 3.05) is 26.3 Å². The van der Waals surface area contributed by atoms with Crippen molar-refractivity contribution >= 4 is 12.4 Å². The molecule has 5 nitrogen and oxygen atoms in total. The molecule has 0 aliphatic carbocycles. The molecular weight excluding hydrogens is 266 g/mol. The molecule has 0 amide bonds. The van der Waals surface area contributed by atoms with Crippen LogP contribution in [-0.4, -0.2) is 36.4 Å². The van der Waals surface area contributed by atoms with Gasteiger partial charge in [-0.1, -0.05) is 5.16 Å². The molecular formula is C13H22ClN3O2. The van der Waals surface area contributed by atoms with E-state index in [1.54, 1.807) is 0 Å². The predicted octanol–water partition coefficient (Wildman–Crippen LogP) is 1.93. The fourth-order valence-corrected chi connectivity index (χ4v) is 2.81. The summed E-state index contributed by atoms with van der Waals surface area (Å²) in [6.45, 7) is 3.88. The Labute approximate surface area is 119 Å². The lowest BCUT2D eigenvalue weighted by Gasteiger charge is -2.20. The Balaban J connectivity index is 0.00000133. The molecule has 2 aliphatic heterocycles. The molecule has 108 valence electrons. The minimum Gasteiger partial charge on any atom is -0.381 e. The van der Waals surface area contributed by atoms with Crippen molar-refractivity contribution in [1.29, 1.82) is 0 Å². The topological polar surface area (TPSA) is 60.2 Å². The Morgan fingerprint density at radius 2 is 1.84 bits per heavy atom. The molecule has 0 bridgehead atoms. The molecule has 0 aromatic carbocycles. The van der Waals surface area contributed by atoms with Crippen LogP contribution >= 0.6 is 12.4 Å². The van der Waals surface area contributed by atoms with Gasteiger partial charge in [-0.3, -0.25) is 0 Å². The highest BCUT2D eigenvalue weighted by Gasteiger charge is 2.23. The smallest absolute Gasteiger partial charge is 0.226 e. The minimum atomic E-state index is 0. The van der Waals surface area contributed by atoms with Crippen LogP contribution in [0.3, 0.4) is 0 Å². The lowest BCUT2D eigenvalue weighted by atomic mass is 9.94. The average Bonchev–Trinajstić information content (AvgIpc) is 2.89. The predicted molar refractivity (Wildman–Crippen MR) is 73.6 cm³/mol. The lowest BCUT2D eigenvalue weighted by molar-refractivity contribution is 0.0830. The first kappa shape index (κ1) is 14.8. The van der Waals surface area contributed by atoms with Gasteiger partial charge in [0.25, 0.3) is 0 Å². The Hall–Kier alpha value is -0.650. The summed E-state index contributed by atoms with van der Waals surface area (Å²) >= 11 is 0. The SMILES string of the molecule is C1CC(Cc2nc(C3CCOCC3)no2)CCN1.Cl. The van der Waals surface area contributed by atoms with E-state index in [9.17, 15) is 0 Å². The molecule has 3 rings (SSSR count). The van der Waals surface area contributed by atoms with Crippen LogP contribution in [0.25, 0.3) is 0 Å². The second kappa shape index (κ2) is 7.22. The summed E-state index contributed by atoms with van der Waals surface area (Å²) in [5, 5.41) is 7.52. The van der Waals surface area contributed by atoms with Crippen LogP contribution in [0, 0.1) is 5.92 Å². The maximum absolute atomic E-state index is 5.40. The molecule has 0 saturated carbocycles. The highest BCUT2D eigenvalue weighted by atomic mass is 35.5. The Morgan fingerprint density at radius 1 is 1.11 bits per heavy atom. The molecule has 1 aromatic heterocycles. The van der Waals surface area contributed by atoms with Crippen LogP contribution in [0.2, 0.25) is 0 Å². The summed E-state index contributed by atoms with van der Waals surface area (Å²) in [6.07, 6.45) is 5.42. The number of hydrogen-bond acceptors (Lipinski definition) is 5. The fourth-order valence-electron chi connectivity index (χ4n) is 2.81. The first-order valence-corrected chi connectivity index (χ1v) is 7.03. The third-order valence-electron chi connectivity index (χ3n) is 3.99. The van der Waals surface area contributed by atoms with Crippen molar-refractivity contribution in [2.24, 2.45) is 5.92 Å². The molecule has 1 N–H and O–H groups in total. The number of nitrogens with one attached hydrogen (secondary N) is 1. The average molecular weight is 288 g/mol. The van der Waals surface area contributed by atoms with Gasteiger partial charge in [0.1, 0.15) is 0 Å². The van der Waals surface area contributed by atoms with E-state index in [1.165, 1.54) is 12.8 Å². The van der Waals surface area contributed by atoms with E-state index in [0.717, 1.165) is 57.3 Å². The van der Waals surface area contributed by atoms with E-state index < -0.39 is 0 Å². The van der Waals surface area contributed by atoms with Crippen molar-refractivity contribution in [1.82, 2.24) is 15.5 Å². The summed E-state index contributed by atoms with van der Waals surface area (Å²) in [4.78, 5) is 4.57. The number of piperidine rings is 1. The fraction of sp³-hybridized carbons (Fsp3) is 0.846. The van der Waals surface area contributed by atoms with E-state index in [0.29, 0.717) is 11.8 Å². The zero-order chi connectivity index (χ0) is 12.2. The van der Waals surface area contributed by atoms with Gasteiger partial charge in [-0.25, -0.2) is 0 Å². The number of rotatable bonds is 3. The van der Waals surface area contributed by atoms with Gasteiger partial charge in [-0.2, -0.15) is 4.98 Å². The number of nitrogens with zero attached hydrogens (tertiary/aromatic N) is 2. The zero-order valence-corrected chi connectivity index (χ0v) is 12.0. The van der Waals surface area contributed by atoms with Crippen molar-refractivity contribution in [3.8, 4) is 0 Å². The van der Waals surface area contributed by atoms with Crippen molar-refractivity contribution in [2.45, 2.75) is 38.0 Å². The first-order chi connectivity index (χ1) is 8.92. The Morgan fingerprint density at radius 3 is 2.58 bits per heavy atom. The molecule has 2 fully saturated rings.